The first-order valence-electron chi connectivity index (χ1n) is 5.54. The fraction of sp³-hybridized carbons (Fsp3) is 0.0714. The standard InChI is InChI=1S/C14H10ClF2NO/c15-10-2-1-9(13(17)8-10)7-14(19)18-12-5-3-11(16)4-6-12/h1-6,8H,7H2,(H,18,19). The molecule has 98 valence electrons. The normalized spacial score (nSPS) is 10.3. The number of nitrogens with one attached hydrogen (secondary N) is 1. The van der Waals surface area contributed by atoms with E-state index in [9.17, 15) is 13.6 Å². The van der Waals surface area contributed by atoms with Crippen molar-refractivity contribution in [2.24, 2.45) is 0 Å². The van der Waals surface area contributed by atoms with Gasteiger partial charge in [-0.2, -0.15) is 0 Å². The molecule has 0 saturated carbocycles. The third-order valence-corrected chi connectivity index (χ3v) is 2.73. The first-order chi connectivity index (χ1) is 9.04. The topological polar surface area (TPSA) is 29.1 Å². The highest BCUT2D eigenvalue weighted by Crippen LogP contribution is 2.16. The summed E-state index contributed by atoms with van der Waals surface area (Å²) in [6, 6.07) is 9.48. The Morgan fingerprint density at radius 2 is 1.79 bits per heavy atom. The summed E-state index contributed by atoms with van der Waals surface area (Å²) in [4.78, 5) is 11.7. The van der Waals surface area contributed by atoms with Gasteiger partial charge in [-0.1, -0.05) is 17.7 Å². The lowest BCUT2D eigenvalue weighted by Crippen LogP contribution is -2.15. The van der Waals surface area contributed by atoms with E-state index in [0.717, 1.165) is 6.07 Å². The van der Waals surface area contributed by atoms with Gasteiger partial charge in [-0.3, -0.25) is 4.79 Å². The maximum absolute atomic E-state index is 13.5. The number of benzene rings is 2. The molecule has 0 aliphatic rings. The van der Waals surface area contributed by atoms with Gasteiger partial charge < -0.3 is 5.32 Å². The lowest BCUT2D eigenvalue weighted by atomic mass is 10.1. The van der Waals surface area contributed by atoms with Crippen LogP contribution in [0.2, 0.25) is 5.02 Å². The predicted octanol–water partition coefficient (Wildman–Crippen LogP) is 3.80. The second kappa shape index (κ2) is 5.80. The molecule has 0 aromatic heterocycles. The average Bonchev–Trinajstić information content (AvgIpc) is 2.36. The summed E-state index contributed by atoms with van der Waals surface area (Å²) in [6.45, 7) is 0. The van der Waals surface area contributed by atoms with Gasteiger partial charge in [0.05, 0.1) is 6.42 Å². The van der Waals surface area contributed by atoms with Crippen molar-refractivity contribution in [1.29, 1.82) is 0 Å². The van der Waals surface area contributed by atoms with Crippen molar-refractivity contribution in [3.05, 3.63) is 64.7 Å². The Bertz CT molecular complexity index is 599. The van der Waals surface area contributed by atoms with Crippen molar-refractivity contribution in [2.45, 2.75) is 6.42 Å². The number of carbonyl (C=O) groups excluding carboxylic acids is 1. The van der Waals surface area contributed by atoms with E-state index in [-0.39, 0.29) is 28.7 Å². The quantitative estimate of drug-likeness (QED) is 0.911. The summed E-state index contributed by atoms with van der Waals surface area (Å²) in [6.07, 6.45) is -0.111. The van der Waals surface area contributed by atoms with E-state index < -0.39 is 5.82 Å². The van der Waals surface area contributed by atoms with Gasteiger partial charge in [0.2, 0.25) is 5.91 Å². The number of hydrogen-bond acceptors (Lipinski definition) is 1. The van der Waals surface area contributed by atoms with Crippen molar-refractivity contribution < 1.29 is 13.6 Å². The third-order valence-electron chi connectivity index (χ3n) is 2.49. The van der Waals surface area contributed by atoms with Crippen LogP contribution in [0.3, 0.4) is 0 Å². The number of hydrogen-bond donors (Lipinski definition) is 1. The molecule has 0 fully saturated rings. The van der Waals surface area contributed by atoms with Crippen molar-refractivity contribution in [2.75, 3.05) is 5.32 Å². The molecular formula is C14H10ClF2NO. The molecule has 1 N–H and O–H groups in total. The van der Waals surface area contributed by atoms with Crippen molar-refractivity contribution in [3.63, 3.8) is 0 Å². The Morgan fingerprint density at radius 3 is 2.42 bits per heavy atom. The molecule has 19 heavy (non-hydrogen) atoms. The highest BCUT2D eigenvalue weighted by molar-refractivity contribution is 6.30. The summed E-state index contributed by atoms with van der Waals surface area (Å²) in [5.41, 5.74) is 0.713. The maximum atomic E-state index is 13.5. The van der Waals surface area contributed by atoms with Crippen LogP contribution in [0, 0.1) is 11.6 Å². The Labute approximate surface area is 114 Å². The molecule has 2 aromatic carbocycles. The molecular weight excluding hydrogens is 272 g/mol. The van der Waals surface area contributed by atoms with Crippen LogP contribution in [-0.4, -0.2) is 5.91 Å². The second-order valence-electron chi connectivity index (χ2n) is 3.97. The minimum atomic E-state index is -0.526. The van der Waals surface area contributed by atoms with Gasteiger partial charge in [0.15, 0.2) is 0 Å². The molecule has 5 heteroatoms. The van der Waals surface area contributed by atoms with Gasteiger partial charge in [-0.25, -0.2) is 8.78 Å². The lowest BCUT2D eigenvalue weighted by molar-refractivity contribution is -0.115. The monoisotopic (exact) mass is 281 g/mol. The summed E-state index contributed by atoms with van der Waals surface area (Å²) < 4.78 is 26.2. The third kappa shape index (κ3) is 3.76. The summed E-state index contributed by atoms with van der Waals surface area (Å²) in [5.74, 6) is -1.30. The van der Waals surface area contributed by atoms with Gasteiger partial charge in [-0.15, -0.1) is 0 Å². The molecule has 2 aromatic rings. The number of rotatable bonds is 3. The van der Waals surface area contributed by atoms with Gasteiger partial charge >= 0.3 is 0 Å². The molecule has 0 atom stereocenters. The molecule has 0 saturated heterocycles. The molecule has 2 nitrogen and oxygen atoms in total. The van der Waals surface area contributed by atoms with Crippen LogP contribution >= 0.6 is 11.6 Å². The molecule has 2 rings (SSSR count). The van der Waals surface area contributed by atoms with Gasteiger partial charge in [0, 0.05) is 10.7 Å². The molecule has 0 aliphatic heterocycles. The largest absolute Gasteiger partial charge is 0.326 e. The molecule has 0 spiro atoms. The second-order valence-corrected chi connectivity index (χ2v) is 4.40. The zero-order valence-electron chi connectivity index (χ0n) is 9.79. The minimum Gasteiger partial charge on any atom is -0.326 e. The van der Waals surface area contributed by atoms with Crippen molar-refractivity contribution in [1.82, 2.24) is 0 Å². The van der Waals surface area contributed by atoms with Crippen LogP contribution in [0.4, 0.5) is 14.5 Å². The van der Waals surface area contributed by atoms with Crippen LogP contribution in [0.1, 0.15) is 5.56 Å². The smallest absolute Gasteiger partial charge is 0.228 e. The minimum absolute atomic E-state index is 0.111. The highest BCUT2D eigenvalue weighted by atomic mass is 35.5. The van der Waals surface area contributed by atoms with Crippen LogP contribution in [0.15, 0.2) is 42.5 Å². The Balaban J connectivity index is 2.03. The van der Waals surface area contributed by atoms with Gasteiger partial charge in [0.1, 0.15) is 11.6 Å². The fourth-order valence-electron chi connectivity index (χ4n) is 1.58. The molecule has 0 bridgehead atoms. The van der Waals surface area contributed by atoms with Crippen LogP contribution in [0.25, 0.3) is 0 Å². The van der Waals surface area contributed by atoms with Crippen LogP contribution in [0.5, 0.6) is 0 Å². The number of halogens is 3. The molecule has 0 radical (unpaired) electrons. The summed E-state index contributed by atoms with van der Waals surface area (Å²) in [5, 5.41) is 2.83. The highest BCUT2D eigenvalue weighted by Gasteiger charge is 2.09. The summed E-state index contributed by atoms with van der Waals surface area (Å²) >= 11 is 5.62. The van der Waals surface area contributed by atoms with E-state index in [2.05, 4.69) is 5.32 Å². The molecule has 0 heterocycles. The van der Waals surface area contributed by atoms with Gasteiger partial charge in [0.25, 0.3) is 0 Å². The summed E-state index contributed by atoms with van der Waals surface area (Å²) in [7, 11) is 0. The van der Waals surface area contributed by atoms with E-state index in [1.807, 2.05) is 0 Å². The average molecular weight is 282 g/mol. The molecule has 1 amide bonds. The maximum Gasteiger partial charge on any atom is 0.228 e. The molecule has 0 unspecified atom stereocenters. The van der Waals surface area contributed by atoms with E-state index in [1.165, 1.54) is 36.4 Å². The Kier molecular flexibility index (Phi) is 4.12. The Morgan fingerprint density at radius 1 is 1.11 bits per heavy atom. The van der Waals surface area contributed by atoms with E-state index in [1.54, 1.807) is 0 Å². The first kappa shape index (κ1) is 13.5. The van der Waals surface area contributed by atoms with Crippen LogP contribution < -0.4 is 5.32 Å². The first-order valence-corrected chi connectivity index (χ1v) is 5.92. The number of carbonyl (C=O) groups is 1. The Hall–Kier alpha value is -1.94. The van der Waals surface area contributed by atoms with E-state index >= 15 is 0 Å². The zero-order chi connectivity index (χ0) is 13.8. The zero-order valence-corrected chi connectivity index (χ0v) is 10.5. The van der Waals surface area contributed by atoms with E-state index in [4.69, 9.17) is 11.6 Å². The fourth-order valence-corrected chi connectivity index (χ4v) is 1.74. The van der Waals surface area contributed by atoms with Crippen LogP contribution in [-0.2, 0) is 11.2 Å². The predicted molar refractivity (Wildman–Crippen MR) is 70.1 cm³/mol. The number of anilines is 1. The van der Waals surface area contributed by atoms with Crippen molar-refractivity contribution >= 4 is 23.2 Å². The number of amides is 1. The SMILES string of the molecule is O=C(Cc1ccc(Cl)cc1F)Nc1ccc(F)cc1. The van der Waals surface area contributed by atoms with Gasteiger partial charge in [-0.05, 0) is 42.0 Å². The molecule has 0 aliphatic carbocycles. The van der Waals surface area contributed by atoms with E-state index in [0.29, 0.717) is 5.69 Å². The van der Waals surface area contributed by atoms with Crippen molar-refractivity contribution in [3.8, 4) is 0 Å². The lowest BCUT2D eigenvalue weighted by Gasteiger charge is -2.06.